The Morgan fingerprint density at radius 3 is 2.12 bits per heavy atom. The van der Waals surface area contributed by atoms with Gasteiger partial charge in [-0.1, -0.05) is 42.0 Å². The number of nitrogens with one attached hydrogen (secondary N) is 1. The Balaban J connectivity index is 1.75. The predicted molar refractivity (Wildman–Crippen MR) is 114 cm³/mol. The average molecular weight is 443 g/mol. The smallest absolute Gasteiger partial charge is 0.200 e. The molecule has 0 amide bonds. The molecule has 0 bridgehead atoms. The van der Waals surface area contributed by atoms with Crippen LogP contribution < -0.4 is 5.43 Å². The lowest BCUT2D eigenvalue weighted by atomic mass is 10.1. The normalized spacial score (nSPS) is 11.6. The summed E-state index contributed by atoms with van der Waals surface area (Å²) in [4.78, 5) is 0. The Hall–Kier alpha value is -3.68. The number of aromatic nitrogens is 1. The van der Waals surface area contributed by atoms with E-state index in [4.69, 9.17) is 0 Å². The minimum atomic E-state index is -2.22. The molecule has 8 heteroatoms. The number of hydrogen-bond donors (Lipinski definition) is 1. The fraction of sp³-hybridized carbons (Fsp3) is 0.125. The van der Waals surface area contributed by atoms with Gasteiger partial charge in [0.2, 0.25) is 5.82 Å². The molecule has 32 heavy (non-hydrogen) atoms. The van der Waals surface area contributed by atoms with E-state index in [0.29, 0.717) is 12.1 Å². The highest BCUT2D eigenvalue weighted by Gasteiger charge is 2.25. The summed E-state index contributed by atoms with van der Waals surface area (Å²) in [7, 11) is 0. The summed E-state index contributed by atoms with van der Waals surface area (Å²) in [5.74, 6) is -10.2. The van der Waals surface area contributed by atoms with Crippen LogP contribution in [0.15, 0.2) is 53.6 Å². The minimum absolute atomic E-state index is 0.588. The van der Waals surface area contributed by atoms with Crippen LogP contribution in [0, 0.1) is 42.9 Å². The number of anilines is 1. The van der Waals surface area contributed by atoms with Gasteiger partial charge in [0, 0.05) is 28.7 Å². The van der Waals surface area contributed by atoms with Gasteiger partial charge >= 0.3 is 0 Å². The van der Waals surface area contributed by atoms with Gasteiger partial charge in [-0.25, -0.2) is 22.0 Å². The third-order valence-electron chi connectivity index (χ3n) is 5.29. The molecule has 0 aliphatic heterocycles. The van der Waals surface area contributed by atoms with E-state index in [2.05, 4.69) is 9.67 Å². The summed E-state index contributed by atoms with van der Waals surface area (Å²) < 4.78 is 70.0. The molecule has 1 heterocycles. The SMILES string of the molecule is Cc1ccc2c(c1)c(/C=N/Nc1c(F)c(F)c(F)c(F)c1F)c(C)n2Cc1ccccc1. The molecule has 1 aromatic heterocycles. The second-order valence-corrected chi connectivity index (χ2v) is 7.41. The molecule has 0 saturated carbocycles. The number of hydrogen-bond acceptors (Lipinski definition) is 2. The first-order chi connectivity index (χ1) is 15.3. The first-order valence-electron chi connectivity index (χ1n) is 9.73. The number of halogens is 5. The van der Waals surface area contributed by atoms with Gasteiger partial charge in [0.25, 0.3) is 0 Å². The van der Waals surface area contributed by atoms with Crippen molar-refractivity contribution in [1.29, 1.82) is 0 Å². The molecular formula is C24H18F5N3. The molecule has 4 rings (SSSR count). The van der Waals surface area contributed by atoms with Crippen LogP contribution in [0.1, 0.15) is 22.4 Å². The lowest BCUT2D eigenvalue weighted by molar-refractivity contribution is 0.381. The average Bonchev–Trinajstić information content (AvgIpc) is 3.04. The Bertz CT molecular complexity index is 1310. The number of hydrazone groups is 1. The van der Waals surface area contributed by atoms with E-state index in [1.165, 1.54) is 6.21 Å². The van der Waals surface area contributed by atoms with Crippen molar-refractivity contribution >= 4 is 22.8 Å². The Kier molecular flexibility index (Phi) is 5.69. The van der Waals surface area contributed by atoms with Crippen molar-refractivity contribution in [1.82, 2.24) is 4.57 Å². The molecule has 0 unspecified atom stereocenters. The second kappa shape index (κ2) is 8.45. The molecule has 0 aliphatic carbocycles. The highest BCUT2D eigenvalue weighted by atomic mass is 19.2. The monoisotopic (exact) mass is 443 g/mol. The topological polar surface area (TPSA) is 29.3 Å². The van der Waals surface area contributed by atoms with Crippen LogP contribution in [-0.2, 0) is 6.54 Å². The molecule has 3 nitrogen and oxygen atoms in total. The summed E-state index contributed by atoms with van der Waals surface area (Å²) in [6.07, 6.45) is 1.32. The zero-order chi connectivity index (χ0) is 23.0. The number of nitrogens with zero attached hydrogens (tertiary/aromatic N) is 2. The van der Waals surface area contributed by atoms with Crippen LogP contribution >= 0.6 is 0 Å². The van der Waals surface area contributed by atoms with Crippen LogP contribution in [0.25, 0.3) is 10.9 Å². The number of fused-ring (bicyclic) bond motifs is 1. The quantitative estimate of drug-likeness (QED) is 0.124. The standard InChI is InChI=1S/C24H18F5N3/c1-13-8-9-18-16(10-13)17(14(2)32(18)12-15-6-4-3-5-7-15)11-30-31-24-22(28)20(26)19(25)21(27)23(24)29/h3-11,31H,12H2,1-2H3/b30-11+. The molecule has 0 spiro atoms. The summed E-state index contributed by atoms with van der Waals surface area (Å²) in [5, 5.41) is 4.63. The van der Waals surface area contributed by atoms with E-state index >= 15 is 0 Å². The third-order valence-corrected chi connectivity index (χ3v) is 5.29. The zero-order valence-electron chi connectivity index (χ0n) is 17.2. The van der Waals surface area contributed by atoms with Crippen molar-refractivity contribution in [2.75, 3.05) is 5.43 Å². The van der Waals surface area contributed by atoms with Gasteiger partial charge in [-0.05, 0) is 31.5 Å². The maximum absolute atomic E-state index is 13.9. The largest absolute Gasteiger partial charge is 0.340 e. The highest BCUT2D eigenvalue weighted by molar-refractivity contribution is 6.01. The molecule has 0 fully saturated rings. The Morgan fingerprint density at radius 1 is 0.844 bits per heavy atom. The maximum Gasteiger partial charge on any atom is 0.200 e. The lowest BCUT2D eigenvalue weighted by Crippen LogP contribution is -2.07. The van der Waals surface area contributed by atoms with E-state index in [9.17, 15) is 22.0 Å². The fourth-order valence-electron chi connectivity index (χ4n) is 3.62. The molecule has 0 saturated heterocycles. The Labute approximate surface area is 180 Å². The van der Waals surface area contributed by atoms with Crippen LogP contribution in [0.4, 0.5) is 27.6 Å². The van der Waals surface area contributed by atoms with E-state index in [1.807, 2.05) is 67.8 Å². The lowest BCUT2D eigenvalue weighted by Gasteiger charge is -2.09. The second-order valence-electron chi connectivity index (χ2n) is 7.41. The number of benzene rings is 3. The summed E-state index contributed by atoms with van der Waals surface area (Å²) >= 11 is 0. The zero-order valence-corrected chi connectivity index (χ0v) is 17.2. The van der Waals surface area contributed by atoms with E-state index in [1.54, 1.807) is 0 Å². The van der Waals surface area contributed by atoms with Crippen molar-refractivity contribution in [3.63, 3.8) is 0 Å². The number of aryl methyl sites for hydroxylation is 1. The van der Waals surface area contributed by atoms with Crippen LogP contribution in [-0.4, -0.2) is 10.8 Å². The van der Waals surface area contributed by atoms with Gasteiger partial charge in [0.15, 0.2) is 23.3 Å². The van der Waals surface area contributed by atoms with E-state index in [-0.39, 0.29) is 0 Å². The van der Waals surface area contributed by atoms with Crippen LogP contribution in [0.2, 0.25) is 0 Å². The molecule has 0 atom stereocenters. The van der Waals surface area contributed by atoms with Gasteiger partial charge in [-0.15, -0.1) is 0 Å². The molecule has 0 radical (unpaired) electrons. The first-order valence-corrected chi connectivity index (χ1v) is 9.73. The molecule has 0 aliphatic rings. The van der Waals surface area contributed by atoms with Gasteiger partial charge in [0.1, 0.15) is 5.69 Å². The van der Waals surface area contributed by atoms with Crippen molar-refractivity contribution in [2.45, 2.75) is 20.4 Å². The van der Waals surface area contributed by atoms with Gasteiger partial charge in [-0.2, -0.15) is 5.10 Å². The molecule has 1 N–H and O–H groups in total. The van der Waals surface area contributed by atoms with Crippen LogP contribution in [0.3, 0.4) is 0 Å². The third kappa shape index (κ3) is 3.72. The molecule has 164 valence electrons. The summed E-state index contributed by atoms with van der Waals surface area (Å²) in [6.45, 7) is 4.39. The van der Waals surface area contributed by atoms with Crippen molar-refractivity contribution in [2.24, 2.45) is 5.10 Å². The minimum Gasteiger partial charge on any atom is -0.340 e. The maximum atomic E-state index is 13.9. The molecule has 4 aromatic rings. The van der Waals surface area contributed by atoms with Crippen molar-refractivity contribution < 1.29 is 22.0 Å². The first kappa shape index (κ1) is 21.5. The Morgan fingerprint density at radius 2 is 1.47 bits per heavy atom. The summed E-state index contributed by atoms with van der Waals surface area (Å²) in [5.41, 5.74) is 5.26. The van der Waals surface area contributed by atoms with E-state index < -0.39 is 34.8 Å². The van der Waals surface area contributed by atoms with Gasteiger partial charge in [0.05, 0.1) is 6.21 Å². The van der Waals surface area contributed by atoms with Gasteiger partial charge < -0.3 is 4.57 Å². The number of rotatable bonds is 5. The summed E-state index contributed by atoms with van der Waals surface area (Å²) in [6, 6.07) is 15.7. The molecular weight excluding hydrogens is 425 g/mol. The van der Waals surface area contributed by atoms with Crippen molar-refractivity contribution in [3.8, 4) is 0 Å². The van der Waals surface area contributed by atoms with Gasteiger partial charge in [-0.3, -0.25) is 5.43 Å². The highest BCUT2D eigenvalue weighted by Crippen LogP contribution is 2.29. The van der Waals surface area contributed by atoms with Crippen LogP contribution in [0.5, 0.6) is 0 Å². The van der Waals surface area contributed by atoms with E-state index in [0.717, 1.165) is 27.7 Å². The fourth-order valence-corrected chi connectivity index (χ4v) is 3.62. The molecule has 3 aromatic carbocycles. The predicted octanol–water partition coefficient (Wildman–Crippen LogP) is 6.45. The van der Waals surface area contributed by atoms with Crippen molar-refractivity contribution in [3.05, 3.63) is 100 Å².